The molecule has 0 aliphatic carbocycles. The Balaban J connectivity index is 1.27. The van der Waals surface area contributed by atoms with Crippen LogP contribution in [-0.2, 0) is 28.9 Å². The molecular formula is C35H35FN2O3. The maximum atomic E-state index is 13.6. The highest BCUT2D eigenvalue weighted by molar-refractivity contribution is 5.91. The van der Waals surface area contributed by atoms with Crippen molar-refractivity contribution < 1.29 is 18.7 Å². The molecule has 0 spiro atoms. The van der Waals surface area contributed by atoms with Gasteiger partial charge in [0.1, 0.15) is 17.3 Å². The number of benzene rings is 4. The quantitative estimate of drug-likeness (QED) is 0.226. The number of likely N-dealkylation sites (tertiary alicyclic amines) is 1. The molecule has 1 heterocycles. The molecule has 0 radical (unpaired) electrons. The fourth-order valence-corrected chi connectivity index (χ4v) is 5.42. The van der Waals surface area contributed by atoms with Gasteiger partial charge >= 0.3 is 0 Å². The highest BCUT2D eigenvalue weighted by Gasteiger charge is 2.39. The van der Waals surface area contributed by atoms with Gasteiger partial charge < -0.3 is 14.5 Å². The van der Waals surface area contributed by atoms with Crippen LogP contribution < -0.4 is 9.64 Å². The van der Waals surface area contributed by atoms with E-state index in [0.29, 0.717) is 24.5 Å². The first-order valence-corrected chi connectivity index (χ1v) is 14.0. The lowest BCUT2D eigenvalue weighted by atomic mass is 9.94. The Morgan fingerprint density at radius 1 is 0.780 bits per heavy atom. The molecule has 6 heteroatoms. The molecule has 0 aromatic heterocycles. The highest BCUT2D eigenvalue weighted by atomic mass is 19.1. The number of amides is 1. The average molecular weight is 551 g/mol. The first-order chi connectivity index (χ1) is 19.8. The normalized spacial score (nSPS) is 16.4. The van der Waals surface area contributed by atoms with Crippen molar-refractivity contribution in [1.82, 2.24) is 4.90 Å². The molecule has 0 N–H and O–H groups in total. The predicted octanol–water partition coefficient (Wildman–Crippen LogP) is 6.50. The molecule has 41 heavy (non-hydrogen) atoms. The first-order valence-electron chi connectivity index (χ1n) is 14.0. The SMILES string of the molecule is CN(C)c1ccc(CC(=O)N2C[C@H](Cc3ccccc3)C[C@H]2C(=O)Cc2ccc(Oc3ccc(F)cc3)cc2)cc1. The van der Waals surface area contributed by atoms with Crippen LogP contribution in [0.25, 0.3) is 0 Å². The van der Waals surface area contributed by atoms with E-state index < -0.39 is 6.04 Å². The van der Waals surface area contributed by atoms with E-state index in [0.717, 1.165) is 23.2 Å². The lowest BCUT2D eigenvalue weighted by Gasteiger charge is -2.24. The van der Waals surface area contributed by atoms with Crippen molar-refractivity contribution in [3.63, 3.8) is 0 Å². The number of halogens is 1. The number of carbonyl (C=O) groups is 2. The summed E-state index contributed by atoms with van der Waals surface area (Å²) in [7, 11) is 3.97. The molecule has 0 bridgehead atoms. The van der Waals surface area contributed by atoms with E-state index in [9.17, 15) is 14.0 Å². The molecule has 5 rings (SSSR count). The van der Waals surface area contributed by atoms with Crippen LogP contribution in [0.4, 0.5) is 10.1 Å². The van der Waals surface area contributed by atoms with E-state index in [-0.39, 0.29) is 36.3 Å². The van der Waals surface area contributed by atoms with E-state index in [1.807, 2.05) is 78.5 Å². The maximum Gasteiger partial charge on any atom is 0.227 e. The number of rotatable bonds is 10. The average Bonchev–Trinajstić information content (AvgIpc) is 3.40. The van der Waals surface area contributed by atoms with E-state index in [2.05, 4.69) is 12.1 Å². The molecular weight excluding hydrogens is 515 g/mol. The minimum absolute atomic E-state index is 0.0143. The lowest BCUT2D eigenvalue weighted by molar-refractivity contribution is -0.136. The summed E-state index contributed by atoms with van der Waals surface area (Å²) in [5, 5.41) is 0. The van der Waals surface area contributed by atoms with E-state index >= 15 is 0 Å². The summed E-state index contributed by atoms with van der Waals surface area (Å²) in [6.45, 7) is 0.574. The van der Waals surface area contributed by atoms with E-state index in [1.165, 1.54) is 17.7 Å². The van der Waals surface area contributed by atoms with Crippen LogP contribution in [-0.4, -0.2) is 43.3 Å². The number of ketones is 1. The summed E-state index contributed by atoms with van der Waals surface area (Å²) < 4.78 is 19.0. The number of hydrogen-bond donors (Lipinski definition) is 0. The second-order valence-electron chi connectivity index (χ2n) is 10.9. The topological polar surface area (TPSA) is 49.9 Å². The van der Waals surface area contributed by atoms with Gasteiger partial charge in [-0.05, 0) is 84.0 Å². The molecule has 0 unspecified atom stereocenters. The minimum Gasteiger partial charge on any atom is -0.457 e. The second-order valence-corrected chi connectivity index (χ2v) is 10.9. The summed E-state index contributed by atoms with van der Waals surface area (Å²) in [4.78, 5) is 31.0. The number of carbonyl (C=O) groups excluding carboxylic acids is 2. The van der Waals surface area contributed by atoms with Gasteiger partial charge in [-0.3, -0.25) is 9.59 Å². The summed E-state index contributed by atoms with van der Waals surface area (Å²) in [5.74, 6) is 1.07. The van der Waals surface area contributed by atoms with Crippen molar-refractivity contribution in [2.45, 2.75) is 31.7 Å². The molecule has 2 atom stereocenters. The Bertz CT molecular complexity index is 1450. The van der Waals surface area contributed by atoms with Gasteiger partial charge in [-0.25, -0.2) is 4.39 Å². The van der Waals surface area contributed by atoms with Crippen molar-refractivity contribution in [1.29, 1.82) is 0 Å². The molecule has 4 aromatic carbocycles. The van der Waals surface area contributed by atoms with Crippen LogP contribution in [0.3, 0.4) is 0 Å². The molecule has 1 aliphatic rings. The van der Waals surface area contributed by atoms with E-state index in [4.69, 9.17) is 4.74 Å². The zero-order valence-corrected chi connectivity index (χ0v) is 23.5. The number of anilines is 1. The van der Waals surface area contributed by atoms with E-state index in [1.54, 1.807) is 24.3 Å². The van der Waals surface area contributed by atoms with Gasteiger partial charge in [0, 0.05) is 32.7 Å². The molecule has 0 saturated carbocycles. The number of ether oxygens (including phenoxy) is 1. The standard InChI is InChI=1S/C35H35FN2O3/c1-37(2)30-14-8-27(9-15-30)23-35(40)38-24-28(20-25-6-4-3-5-7-25)21-33(38)34(39)22-26-10-16-31(17-11-26)41-32-18-12-29(36)13-19-32/h3-19,28,33H,20-24H2,1-2H3/t28-,33+/m1/s1. The number of Topliss-reactive ketones (excluding diaryl/α,β-unsaturated/α-hetero) is 1. The Hall–Kier alpha value is -4.45. The van der Waals surface area contributed by atoms with Crippen molar-refractivity contribution in [2.75, 3.05) is 25.5 Å². The van der Waals surface area contributed by atoms with Gasteiger partial charge in [-0.1, -0.05) is 54.6 Å². The van der Waals surface area contributed by atoms with Crippen LogP contribution >= 0.6 is 0 Å². The van der Waals surface area contributed by atoms with Gasteiger partial charge in [-0.15, -0.1) is 0 Å². The first kappa shape index (κ1) is 28.1. The van der Waals surface area contributed by atoms with Gasteiger partial charge in [0.15, 0.2) is 5.78 Å². The molecule has 1 saturated heterocycles. The smallest absolute Gasteiger partial charge is 0.227 e. The minimum atomic E-state index is -0.451. The molecule has 4 aromatic rings. The summed E-state index contributed by atoms with van der Waals surface area (Å²) in [6, 6.07) is 31.0. The molecule has 5 nitrogen and oxygen atoms in total. The summed E-state index contributed by atoms with van der Waals surface area (Å²) >= 11 is 0. The zero-order chi connectivity index (χ0) is 28.8. The van der Waals surface area contributed by atoms with Crippen molar-refractivity contribution >= 4 is 17.4 Å². The van der Waals surface area contributed by atoms with Gasteiger partial charge in [0.25, 0.3) is 0 Å². The third-order valence-electron chi connectivity index (χ3n) is 7.61. The third-order valence-corrected chi connectivity index (χ3v) is 7.61. The van der Waals surface area contributed by atoms with Crippen LogP contribution in [0.15, 0.2) is 103 Å². The molecule has 1 amide bonds. The second kappa shape index (κ2) is 12.8. The number of hydrogen-bond acceptors (Lipinski definition) is 4. The Morgan fingerprint density at radius 3 is 2.00 bits per heavy atom. The van der Waals surface area contributed by atoms with Crippen molar-refractivity contribution in [3.8, 4) is 11.5 Å². The zero-order valence-electron chi connectivity index (χ0n) is 23.5. The lowest BCUT2D eigenvalue weighted by Crippen LogP contribution is -2.42. The van der Waals surface area contributed by atoms with Gasteiger partial charge in [-0.2, -0.15) is 0 Å². The predicted molar refractivity (Wildman–Crippen MR) is 160 cm³/mol. The summed E-state index contributed by atoms with van der Waals surface area (Å²) in [6.07, 6.45) is 2.00. The maximum absolute atomic E-state index is 13.6. The molecule has 1 aliphatic heterocycles. The van der Waals surface area contributed by atoms with Crippen LogP contribution in [0.2, 0.25) is 0 Å². The van der Waals surface area contributed by atoms with Crippen molar-refractivity contribution in [2.24, 2.45) is 5.92 Å². The largest absolute Gasteiger partial charge is 0.457 e. The van der Waals surface area contributed by atoms with Crippen LogP contribution in [0, 0.1) is 11.7 Å². The third kappa shape index (κ3) is 7.40. The Labute approximate surface area is 241 Å². The van der Waals surface area contributed by atoms with Gasteiger partial charge in [0.2, 0.25) is 5.91 Å². The molecule has 1 fully saturated rings. The van der Waals surface area contributed by atoms with Gasteiger partial charge in [0.05, 0.1) is 12.5 Å². The Morgan fingerprint density at radius 2 is 1.37 bits per heavy atom. The summed E-state index contributed by atoms with van der Waals surface area (Å²) in [5.41, 5.74) is 4.09. The number of nitrogens with zero attached hydrogens (tertiary/aromatic N) is 2. The monoisotopic (exact) mass is 550 g/mol. The van der Waals surface area contributed by atoms with Crippen LogP contribution in [0.5, 0.6) is 11.5 Å². The highest BCUT2D eigenvalue weighted by Crippen LogP contribution is 2.29. The fraction of sp³-hybridized carbons (Fsp3) is 0.257. The van der Waals surface area contributed by atoms with Crippen LogP contribution in [0.1, 0.15) is 23.1 Å². The fourth-order valence-electron chi connectivity index (χ4n) is 5.42. The molecule has 210 valence electrons. The Kier molecular flexibility index (Phi) is 8.78. The van der Waals surface area contributed by atoms with Crippen molar-refractivity contribution in [3.05, 3.63) is 126 Å².